The molecule has 3 aromatic carbocycles. The highest BCUT2D eigenvalue weighted by Gasteiger charge is 2.23. The summed E-state index contributed by atoms with van der Waals surface area (Å²) in [5, 5.41) is 9.49. The molecule has 0 atom stereocenters. The minimum atomic E-state index is -0.225. The van der Waals surface area contributed by atoms with Crippen molar-refractivity contribution in [3.63, 3.8) is 0 Å². The summed E-state index contributed by atoms with van der Waals surface area (Å²) in [5.41, 5.74) is 3.53. The van der Waals surface area contributed by atoms with E-state index in [0.717, 1.165) is 23.1 Å². The van der Waals surface area contributed by atoms with E-state index in [0.29, 0.717) is 43.2 Å². The van der Waals surface area contributed by atoms with E-state index in [2.05, 4.69) is 26.9 Å². The maximum absolute atomic E-state index is 14.1. The first-order chi connectivity index (χ1) is 17.6. The molecule has 1 aromatic heterocycles. The quantitative estimate of drug-likeness (QED) is 0.333. The average molecular weight is 502 g/mol. The summed E-state index contributed by atoms with van der Waals surface area (Å²) in [4.78, 5) is 17.0. The monoisotopic (exact) mass is 501 g/mol. The molecule has 1 aliphatic heterocycles. The van der Waals surface area contributed by atoms with Gasteiger partial charge in [0.15, 0.2) is 5.16 Å². The van der Waals surface area contributed by atoms with Gasteiger partial charge in [0.25, 0.3) is 5.91 Å². The van der Waals surface area contributed by atoms with Crippen LogP contribution in [0.4, 0.5) is 10.1 Å². The number of aromatic nitrogens is 3. The molecule has 0 unspecified atom stereocenters. The van der Waals surface area contributed by atoms with Crippen molar-refractivity contribution in [2.75, 3.05) is 31.1 Å². The zero-order valence-electron chi connectivity index (χ0n) is 20.2. The summed E-state index contributed by atoms with van der Waals surface area (Å²) in [5.74, 6) is 1.35. The third-order valence-electron chi connectivity index (χ3n) is 6.39. The molecule has 5 rings (SSSR count). The third kappa shape index (κ3) is 5.44. The summed E-state index contributed by atoms with van der Waals surface area (Å²) in [6.07, 6.45) is 0. The number of benzene rings is 3. The van der Waals surface area contributed by atoms with Crippen molar-refractivity contribution in [1.82, 2.24) is 19.7 Å². The molecule has 1 saturated heterocycles. The lowest BCUT2D eigenvalue weighted by Crippen LogP contribution is -2.49. The van der Waals surface area contributed by atoms with E-state index in [4.69, 9.17) is 0 Å². The predicted octanol–water partition coefficient (Wildman–Crippen LogP) is 5.03. The van der Waals surface area contributed by atoms with Gasteiger partial charge in [0.05, 0.1) is 12.2 Å². The number of amides is 1. The third-order valence-corrected chi connectivity index (χ3v) is 7.43. The van der Waals surface area contributed by atoms with Crippen molar-refractivity contribution in [1.29, 1.82) is 0 Å². The zero-order chi connectivity index (χ0) is 24.9. The van der Waals surface area contributed by atoms with Crippen LogP contribution in [0.5, 0.6) is 0 Å². The van der Waals surface area contributed by atoms with E-state index in [9.17, 15) is 9.18 Å². The molecule has 1 fully saturated rings. The maximum atomic E-state index is 14.1. The molecule has 0 aliphatic carbocycles. The number of carbonyl (C=O) groups is 1. The van der Waals surface area contributed by atoms with Gasteiger partial charge in [-0.15, -0.1) is 10.2 Å². The SMILES string of the molecule is Cc1nnc(SCc2cccc(C(=O)N3CCN(c4ccccc4F)CC3)c2)n1Cc1ccccc1. The van der Waals surface area contributed by atoms with Crippen molar-refractivity contribution in [3.05, 3.63) is 107 Å². The Balaban J connectivity index is 1.21. The Hall–Kier alpha value is -3.65. The number of halogens is 1. The number of piperazine rings is 1. The summed E-state index contributed by atoms with van der Waals surface area (Å²) in [7, 11) is 0. The molecule has 1 amide bonds. The Bertz CT molecular complexity index is 1330. The lowest BCUT2D eigenvalue weighted by Gasteiger charge is -2.36. The number of anilines is 1. The summed E-state index contributed by atoms with van der Waals surface area (Å²) in [6, 6.07) is 24.8. The molecule has 8 heteroatoms. The number of carbonyl (C=O) groups excluding carboxylic acids is 1. The van der Waals surface area contributed by atoms with E-state index in [1.165, 1.54) is 11.6 Å². The van der Waals surface area contributed by atoms with Gasteiger partial charge in [0.1, 0.15) is 11.6 Å². The highest BCUT2D eigenvalue weighted by molar-refractivity contribution is 7.98. The van der Waals surface area contributed by atoms with E-state index in [1.54, 1.807) is 23.9 Å². The number of thioether (sulfide) groups is 1. The van der Waals surface area contributed by atoms with Gasteiger partial charge in [-0.1, -0.05) is 66.4 Å². The molecule has 4 aromatic rings. The fourth-order valence-electron chi connectivity index (χ4n) is 4.40. The second-order valence-electron chi connectivity index (χ2n) is 8.82. The minimum Gasteiger partial charge on any atom is -0.366 e. The first-order valence-electron chi connectivity index (χ1n) is 12.0. The van der Waals surface area contributed by atoms with E-state index >= 15 is 0 Å². The van der Waals surface area contributed by atoms with Gasteiger partial charge in [-0.25, -0.2) is 4.39 Å². The van der Waals surface area contributed by atoms with Crippen LogP contribution in [0.2, 0.25) is 0 Å². The molecule has 0 spiro atoms. The van der Waals surface area contributed by atoms with Crippen LogP contribution >= 0.6 is 11.8 Å². The van der Waals surface area contributed by atoms with Crippen LogP contribution in [0.25, 0.3) is 0 Å². The molecule has 0 radical (unpaired) electrons. The van der Waals surface area contributed by atoms with Crippen LogP contribution < -0.4 is 4.90 Å². The average Bonchev–Trinajstić information content (AvgIpc) is 3.27. The highest BCUT2D eigenvalue weighted by atomic mass is 32.2. The lowest BCUT2D eigenvalue weighted by atomic mass is 10.1. The van der Waals surface area contributed by atoms with E-state index in [-0.39, 0.29) is 11.7 Å². The number of aryl methyl sites for hydroxylation is 1. The van der Waals surface area contributed by atoms with Crippen LogP contribution in [-0.2, 0) is 12.3 Å². The normalized spacial score (nSPS) is 13.7. The Morgan fingerprint density at radius 1 is 0.889 bits per heavy atom. The van der Waals surface area contributed by atoms with Gasteiger partial charge in [-0.05, 0) is 42.3 Å². The smallest absolute Gasteiger partial charge is 0.253 e. The number of hydrogen-bond donors (Lipinski definition) is 0. The van der Waals surface area contributed by atoms with Gasteiger partial charge in [0.2, 0.25) is 0 Å². The number of nitrogens with zero attached hydrogens (tertiary/aromatic N) is 5. The van der Waals surface area contributed by atoms with Crippen molar-refractivity contribution in [2.45, 2.75) is 24.4 Å². The van der Waals surface area contributed by atoms with Gasteiger partial charge in [0, 0.05) is 37.5 Å². The van der Waals surface area contributed by atoms with Crippen LogP contribution in [-0.4, -0.2) is 51.8 Å². The van der Waals surface area contributed by atoms with Crippen molar-refractivity contribution < 1.29 is 9.18 Å². The van der Waals surface area contributed by atoms with Crippen molar-refractivity contribution in [2.24, 2.45) is 0 Å². The minimum absolute atomic E-state index is 0.0122. The first-order valence-corrected chi connectivity index (χ1v) is 13.0. The fourth-order valence-corrected chi connectivity index (χ4v) is 5.33. The molecule has 184 valence electrons. The molecular formula is C28H28FN5OS. The summed E-state index contributed by atoms with van der Waals surface area (Å²) >= 11 is 1.62. The van der Waals surface area contributed by atoms with Crippen molar-refractivity contribution in [3.8, 4) is 0 Å². The number of hydrogen-bond acceptors (Lipinski definition) is 5. The van der Waals surface area contributed by atoms with Crippen LogP contribution in [0.3, 0.4) is 0 Å². The standard InChI is InChI=1S/C28H28FN5OS/c1-21-30-31-28(34(21)19-22-8-3-2-4-9-22)36-20-23-10-7-11-24(18-23)27(35)33-16-14-32(15-17-33)26-13-6-5-12-25(26)29/h2-13,18H,14-17,19-20H2,1H3. The number of para-hydroxylation sites is 1. The zero-order valence-corrected chi connectivity index (χ0v) is 21.0. The summed E-state index contributed by atoms with van der Waals surface area (Å²) in [6.45, 7) is 5.03. The molecule has 6 nitrogen and oxygen atoms in total. The molecule has 2 heterocycles. The molecular weight excluding hydrogens is 473 g/mol. The molecule has 0 saturated carbocycles. The van der Waals surface area contributed by atoms with Gasteiger partial charge in [-0.2, -0.15) is 0 Å². The largest absolute Gasteiger partial charge is 0.366 e. The van der Waals surface area contributed by atoms with E-state index in [1.807, 2.05) is 65.3 Å². The fraction of sp³-hybridized carbons (Fsp3) is 0.250. The Labute approximate surface area is 214 Å². The lowest BCUT2D eigenvalue weighted by molar-refractivity contribution is 0.0746. The second kappa shape index (κ2) is 11.0. The van der Waals surface area contributed by atoms with Gasteiger partial charge in [-0.3, -0.25) is 4.79 Å². The van der Waals surface area contributed by atoms with Crippen LogP contribution in [0.1, 0.15) is 27.3 Å². The maximum Gasteiger partial charge on any atom is 0.253 e. The Morgan fingerprint density at radius 2 is 1.61 bits per heavy atom. The van der Waals surface area contributed by atoms with Crippen LogP contribution in [0, 0.1) is 12.7 Å². The van der Waals surface area contributed by atoms with Gasteiger partial charge < -0.3 is 14.4 Å². The van der Waals surface area contributed by atoms with E-state index < -0.39 is 0 Å². The molecule has 0 bridgehead atoms. The number of rotatable bonds is 7. The van der Waals surface area contributed by atoms with Gasteiger partial charge >= 0.3 is 0 Å². The highest BCUT2D eigenvalue weighted by Crippen LogP contribution is 2.24. The van der Waals surface area contributed by atoms with Crippen LogP contribution in [0.15, 0.2) is 84.0 Å². The first kappa shape index (κ1) is 24.1. The topological polar surface area (TPSA) is 54.3 Å². The van der Waals surface area contributed by atoms with Crippen molar-refractivity contribution >= 4 is 23.4 Å². The predicted molar refractivity (Wildman–Crippen MR) is 141 cm³/mol. The molecule has 0 N–H and O–H groups in total. The summed E-state index contributed by atoms with van der Waals surface area (Å²) < 4.78 is 16.3. The Kier molecular flexibility index (Phi) is 7.32. The molecule has 1 aliphatic rings. The Morgan fingerprint density at radius 3 is 2.39 bits per heavy atom. The molecule has 36 heavy (non-hydrogen) atoms. The second-order valence-corrected chi connectivity index (χ2v) is 9.76.